The van der Waals surface area contributed by atoms with Crippen LogP contribution < -0.4 is 10.6 Å². The Bertz CT molecular complexity index is 826. The predicted molar refractivity (Wildman–Crippen MR) is 106 cm³/mol. The molecule has 0 saturated heterocycles. The van der Waals surface area contributed by atoms with Crippen molar-refractivity contribution in [2.24, 2.45) is 0 Å². The van der Waals surface area contributed by atoms with Crippen molar-refractivity contribution in [1.29, 1.82) is 0 Å². The standard InChI is InChI=1S/C16H10BrCl4F3N2O/c17-10-4-1-8(2-5-10)13(27)26-14(15(19,20)21)25-12-7-9(16(22,23)24)3-6-11(12)18/h1-7,14,25H,(H,26,27). The van der Waals surface area contributed by atoms with Crippen molar-refractivity contribution in [1.82, 2.24) is 5.32 Å². The highest BCUT2D eigenvalue weighted by Gasteiger charge is 2.36. The summed E-state index contributed by atoms with van der Waals surface area (Å²) >= 11 is 26.8. The minimum Gasteiger partial charge on any atom is -0.361 e. The highest BCUT2D eigenvalue weighted by molar-refractivity contribution is 9.10. The fraction of sp³-hybridized carbons (Fsp3) is 0.188. The second-order valence-electron chi connectivity index (χ2n) is 5.29. The summed E-state index contributed by atoms with van der Waals surface area (Å²) in [5, 5.41) is 4.93. The van der Waals surface area contributed by atoms with E-state index in [4.69, 9.17) is 46.4 Å². The molecule has 0 aliphatic heterocycles. The number of benzene rings is 2. The van der Waals surface area contributed by atoms with E-state index in [1.54, 1.807) is 12.1 Å². The van der Waals surface area contributed by atoms with Crippen molar-refractivity contribution < 1.29 is 18.0 Å². The Balaban J connectivity index is 2.28. The maximum Gasteiger partial charge on any atom is 0.416 e. The van der Waals surface area contributed by atoms with Crippen molar-refractivity contribution in [3.8, 4) is 0 Å². The molecule has 2 N–H and O–H groups in total. The topological polar surface area (TPSA) is 41.1 Å². The molecule has 11 heteroatoms. The van der Waals surface area contributed by atoms with Crippen LogP contribution in [0.2, 0.25) is 5.02 Å². The Kier molecular flexibility index (Phi) is 7.19. The average molecular weight is 525 g/mol. The summed E-state index contributed by atoms with van der Waals surface area (Å²) in [6.45, 7) is 0. The number of halogens is 8. The number of carbonyl (C=O) groups is 1. The maximum atomic E-state index is 12.9. The number of rotatable bonds is 4. The van der Waals surface area contributed by atoms with Crippen LogP contribution >= 0.6 is 62.3 Å². The molecule has 0 aliphatic carbocycles. The number of hydrogen-bond acceptors (Lipinski definition) is 2. The average Bonchev–Trinajstić information content (AvgIpc) is 2.54. The first-order chi connectivity index (χ1) is 12.4. The Morgan fingerprint density at radius 2 is 1.63 bits per heavy atom. The van der Waals surface area contributed by atoms with Gasteiger partial charge in [-0.05, 0) is 42.5 Å². The predicted octanol–water partition coefficient (Wildman–Crippen LogP) is 6.66. The van der Waals surface area contributed by atoms with Crippen LogP contribution in [0.5, 0.6) is 0 Å². The number of anilines is 1. The molecule has 0 aliphatic rings. The van der Waals surface area contributed by atoms with Gasteiger partial charge in [-0.1, -0.05) is 62.3 Å². The highest BCUT2D eigenvalue weighted by Crippen LogP contribution is 2.36. The molecule has 27 heavy (non-hydrogen) atoms. The molecule has 0 spiro atoms. The summed E-state index contributed by atoms with van der Waals surface area (Å²) in [6, 6.07) is 8.94. The van der Waals surface area contributed by atoms with Gasteiger partial charge in [-0.3, -0.25) is 4.79 Å². The number of carbonyl (C=O) groups excluding carboxylic acids is 1. The van der Waals surface area contributed by atoms with Crippen LogP contribution in [0.3, 0.4) is 0 Å². The lowest BCUT2D eigenvalue weighted by Gasteiger charge is -2.28. The molecule has 2 aromatic carbocycles. The first-order valence-electron chi connectivity index (χ1n) is 7.14. The van der Waals surface area contributed by atoms with Gasteiger partial charge in [0.05, 0.1) is 16.3 Å². The molecule has 1 unspecified atom stereocenters. The van der Waals surface area contributed by atoms with Gasteiger partial charge in [0.2, 0.25) is 3.79 Å². The van der Waals surface area contributed by atoms with Crippen LogP contribution in [0.1, 0.15) is 15.9 Å². The van der Waals surface area contributed by atoms with E-state index in [1.807, 2.05) is 0 Å². The molecule has 1 atom stereocenters. The fourth-order valence-corrected chi connectivity index (χ4v) is 2.75. The molecule has 2 rings (SSSR count). The second-order valence-corrected chi connectivity index (χ2v) is 8.98. The van der Waals surface area contributed by atoms with Crippen molar-refractivity contribution >= 4 is 73.9 Å². The molecule has 0 aromatic heterocycles. The van der Waals surface area contributed by atoms with E-state index in [0.717, 1.165) is 22.7 Å². The third kappa shape index (κ3) is 6.32. The minimum atomic E-state index is -4.59. The van der Waals surface area contributed by atoms with E-state index in [-0.39, 0.29) is 16.3 Å². The Hall–Kier alpha value is -0.860. The quantitative estimate of drug-likeness (QED) is 0.347. The lowest BCUT2D eigenvalue weighted by molar-refractivity contribution is -0.137. The first-order valence-corrected chi connectivity index (χ1v) is 9.45. The molecular formula is C16H10BrCl4F3N2O. The smallest absolute Gasteiger partial charge is 0.361 e. The molecule has 1 amide bonds. The number of amides is 1. The first kappa shape index (κ1) is 22.4. The molecule has 0 heterocycles. The Morgan fingerprint density at radius 3 is 2.15 bits per heavy atom. The number of alkyl halides is 6. The van der Waals surface area contributed by atoms with Gasteiger partial charge in [0.1, 0.15) is 6.17 Å². The Morgan fingerprint density at radius 1 is 1.04 bits per heavy atom. The van der Waals surface area contributed by atoms with E-state index in [9.17, 15) is 18.0 Å². The molecule has 146 valence electrons. The second kappa shape index (κ2) is 8.66. The van der Waals surface area contributed by atoms with Crippen LogP contribution in [-0.2, 0) is 6.18 Å². The molecule has 0 saturated carbocycles. The van der Waals surface area contributed by atoms with Gasteiger partial charge in [-0.25, -0.2) is 0 Å². The van der Waals surface area contributed by atoms with E-state index < -0.39 is 27.6 Å². The summed E-state index contributed by atoms with van der Waals surface area (Å²) in [5.74, 6) is -0.602. The van der Waals surface area contributed by atoms with Gasteiger partial charge in [0, 0.05) is 10.0 Å². The molecule has 0 bridgehead atoms. The molecule has 3 nitrogen and oxygen atoms in total. The molecular weight excluding hydrogens is 515 g/mol. The van der Waals surface area contributed by atoms with Crippen LogP contribution in [0.25, 0.3) is 0 Å². The van der Waals surface area contributed by atoms with Gasteiger partial charge in [0.25, 0.3) is 5.91 Å². The number of nitrogens with one attached hydrogen (secondary N) is 2. The SMILES string of the molecule is O=C(NC(Nc1cc(C(F)(F)F)ccc1Cl)C(Cl)(Cl)Cl)c1ccc(Br)cc1. The summed E-state index contributed by atoms with van der Waals surface area (Å²) < 4.78 is 37.4. The van der Waals surface area contributed by atoms with Crippen LogP contribution in [0, 0.1) is 0 Å². The van der Waals surface area contributed by atoms with Gasteiger partial charge < -0.3 is 10.6 Å². The summed E-state index contributed by atoms with van der Waals surface area (Å²) in [5.41, 5.74) is -0.843. The third-order valence-corrected chi connectivity index (χ3v) is 4.82. The zero-order valence-corrected chi connectivity index (χ0v) is 17.7. The molecule has 0 radical (unpaired) electrons. The number of hydrogen-bond donors (Lipinski definition) is 2. The lowest BCUT2D eigenvalue weighted by atomic mass is 10.2. The zero-order valence-electron chi connectivity index (χ0n) is 13.1. The normalized spacial score (nSPS) is 13.2. The fourth-order valence-electron chi connectivity index (χ4n) is 1.98. The van der Waals surface area contributed by atoms with Crippen LogP contribution in [-0.4, -0.2) is 15.9 Å². The van der Waals surface area contributed by atoms with Gasteiger partial charge in [-0.15, -0.1) is 0 Å². The van der Waals surface area contributed by atoms with E-state index in [2.05, 4.69) is 26.6 Å². The van der Waals surface area contributed by atoms with Gasteiger partial charge in [0.15, 0.2) is 0 Å². The van der Waals surface area contributed by atoms with E-state index >= 15 is 0 Å². The third-order valence-electron chi connectivity index (χ3n) is 3.30. The van der Waals surface area contributed by atoms with E-state index in [1.165, 1.54) is 12.1 Å². The largest absolute Gasteiger partial charge is 0.416 e. The molecule has 0 fully saturated rings. The highest BCUT2D eigenvalue weighted by atomic mass is 79.9. The van der Waals surface area contributed by atoms with Crippen molar-refractivity contribution in [3.05, 3.63) is 63.1 Å². The van der Waals surface area contributed by atoms with Gasteiger partial charge in [-0.2, -0.15) is 13.2 Å². The lowest BCUT2D eigenvalue weighted by Crippen LogP contribution is -2.49. The minimum absolute atomic E-state index is 0.0415. The zero-order chi connectivity index (χ0) is 20.4. The van der Waals surface area contributed by atoms with Crippen molar-refractivity contribution in [2.45, 2.75) is 16.1 Å². The maximum absolute atomic E-state index is 12.9. The van der Waals surface area contributed by atoms with E-state index in [0.29, 0.717) is 0 Å². The summed E-state index contributed by atoms with van der Waals surface area (Å²) in [6.07, 6.45) is -5.95. The summed E-state index contributed by atoms with van der Waals surface area (Å²) in [4.78, 5) is 12.4. The van der Waals surface area contributed by atoms with Crippen molar-refractivity contribution in [2.75, 3.05) is 5.32 Å². The van der Waals surface area contributed by atoms with Crippen molar-refractivity contribution in [3.63, 3.8) is 0 Å². The summed E-state index contributed by atoms with van der Waals surface area (Å²) in [7, 11) is 0. The molecule has 2 aromatic rings. The van der Waals surface area contributed by atoms with Crippen LogP contribution in [0.15, 0.2) is 46.9 Å². The monoisotopic (exact) mass is 522 g/mol. The Labute approximate surface area is 181 Å². The van der Waals surface area contributed by atoms with Crippen LogP contribution in [0.4, 0.5) is 18.9 Å². The van der Waals surface area contributed by atoms with Gasteiger partial charge >= 0.3 is 6.18 Å².